The van der Waals surface area contributed by atoms with Crippen molar-refractivity contribution in [2.24, 2.45) is 0 Å². The van der Waals surface area contributed by atoms with Gasteiger partial charge in [0.25, 0.3) is 0 Å². The molecule has 1 aliphatic carbocycles. The molecule has 1 aromatic carbocycles. The van der Waals surface area contributed by atoms with Gasteiger partial charge in [0.15, 0.2) is 0 Å². The van der Waals surface area contributed by atoms with Gasteiger partial charge in [0.1, 0.15) is 5.75 Å². The van der Waals surface area contributed by atoms with Crippen LogP contribution >= 0.6 is 0 Å². The Morgan fingerprint density at radius 3 is 3.21 bits per heavy atom. The van der Waals surface area contributed by atoms with E-state index in [-0.39, 0.29) is 0 Å². The van der Waals surface area contributed by atoms with E-state index >= 15 is 0 Å². The van der Waals surface area contributed by atoms with Crippen molar-refractivity contribution < 1.29 is 5.11 Å². The second kappa shape index (κ2) is 2.99. The molecule has 0 spiro atoms. The average Bonchev–Trinajstić information content (AvgIpc) is 2.54. The lowest BCUT2D eigenvalue weighted by molar-refractivity contribution is 0.372. The Morgan fingerprint density at radius 1 is 1.36 bits per heavy atom. The Labute approximate surface area is 84.0 Å². The van der Waals surface area contributed by atoms with Crippen LogP contribution in [0.2, 0.25) is 0 Å². The molecule has 3 rings (SSSR count). The number of aromatic hydroxyl groups is 1. The lowest BCUT2D eigenvalue weighted by Gasteiger charge is -2.26. The normalized spacial score (nSPS) is 29.7. The van der Waals surface area contributed by atoms with Crippen LogP contribution in [0.3, 0.4) is 0 Å². The number of piperidine rings is 1. The molecular weight excluding hydrogens is 174 g/mol. The van der Waals surface area contributed by atoms with Crippen molar-refractivity contribution in [3.63, 3.8) is 0 Å². The predicted molar refractivity (Wildman–Crippen MR) is 55.6 cm³/mol. The molecule has 0 saturated carbocycles. The quantitative estimate of drug-likeness (QED) is 0.652. The van der Waals surface area contributed by atoms with E-state index in [0.717, 1.165) is 13.0 Å². The van der Waals surface area contributed by atoms with Crippen LogP contribution in [0, 0.1) is 0 Å². The largest absolute Gasteiger partial charge is 0.508 e. The smallest absolute Gasteiger partial charge is 0.115 e. The van der Waals surface area contributed by atoms with E-state index in [1.165, 1.54) is 24.0 Å². The van der Waals surface area contributed by atoms with Gasteiger partial charge >= 0.3 is 0 Å². The van der Waals surface area contributed by atoms with Crippen LogP contribution in [0.1, 0.15) is 29.9 Å². The number of fused-ring (bicyclic) bond motifs is 3. The maximum absolute atomic E-state index is 9.41. The molecule has 0 aromatic heterocycles. The monoisotopic (exact) mass is 189 g/mol. The molecular formula is C12H15NO. The van der Waals surface area contributed by atoms with E-state index in [1.807, 2.05) is 12.1 Å². The first kappa shape index (κ1) is 8.30. The number of hydrogen-bond acceptors (Lipinski definition) is 2. The van der Waals surface area contributed by atoms with E-state index in [2.05, 4.69) is 11.4 Å². The van der Waals surface area contributed by atoms with Crippen LogP contribution in [-0.4, -0.2) is 17.7 Å². The highest BCUT2D eigenvalue weighted by molar-refractivity contribution is 5.42. The van der Waals surface area contributed by atoms with Crippen molar-refractivity contribution in [2.45, 2.75) is 31.2 Å². The minimum absolute atomic E-state index is 0.405. The van der Waals surface area contributed by atoms with E-state index in [4.69, 9.17) is 0 Å². The highest BCUT2D eigenvalue weighted by Crippen LogP contribution is 2.39. The summed E-state index contributed by atoms with van der Waals surface area (Å²) in [7, 11) is 0. The number of phenolic OH excluding ortho intramolecular Hbond substituents is 1. The molecule has 1 heterocycles. The molecule has 1 fully saturated rings. The van der Waals surface area contributed by atoms with E-state index in [1.54, 1.807) is 0 Å². The molecule has 2 N–H and O–H groups in total. The van der Waals surface area contributed by atoms with Crippen LogP contribution in [0.25, 0.3) is 0 Å². The van der Waals surface area contributed by atoms with Crippen molar-refractivity contribution in [2.75, 3.05) is 6.54 Å². The topological polar surface area (TPSA) is 32.3 Å². The second-order valence-electron chi connectivity index (χ2n) is 4.40. The standard InChI is InChI=1S/C12H15NO/c14-9-3-4-10-8(6-9)7-12-11(10)2-1-5-13-12/h3-4,6,11-14H,1-2,5,7H2/t11-,12+/m0/s1. The molecule has 2 aliphatic rings. The van der Waals surface area contributed by atoms with Crippen LogP contribution in [0.4, 0.5) is 0 Å². The van der Waals surface area contributed by atoms with Gasteiger partial charge in [0.05, 0.1) is 0 Å². The number of hydrogen-bond donors (Lipinski definition) is 2. The number of nitrogens with one attached hydrogen (secondary N) is 1. The van der Waals surface area contributed by atoms with Crippen LogP contribution in [0.15, 0.2) is 18.2 Å². The summed E-state index contributed by atoms with van der Waals surface area (Å²) in [6, 6.07) is 6.47. The maximum Gasteiger partial charge on any atom is 0.115 e. The third kappa shape index (κ3) is 1.14. The number of phenols is 1. The fourth-order valence-electron chi connectivity index (χ4n) is 2.91. The van der Waals surface area contributed by atoms with Gasteiger partial charge in [-0.2, -0.15) is 0 Å². The van der Waals surface area contributed by atoms with Gasteiger partial charge in [0, 0.05) is 6.04 Å². The van der Waals surface area contributed by atoms with Gasteiger partial charge in [-0.05, 0) is 55.0 Å². The van der Waals surface area contributed by atoms with Crippen LogP contribution < -0.4 is 5.32 Å². The Morgan fingerprint density at radius 2 is 2.29 bits per heavy atom. The van der Waals surface area contributed by atoms with Crippen molar-refractivity contribution in [1.82, 2.24) is 5.32 Å². The molecule has 2 heteroatoms. The molecule has 74 valence electrons. The highest BCUT2D eigenvalue weighted by atomic mass is 16.3. The molecule has 0 amide bonds. The fraction of sp³-hybridized carbons (Fsp3) is 0.500. The first-order valence-corrected chi connectivity index (χ1v) is 5.40. The molecule has 0 radical (unpaired) electrons. The lowest BCUT2D eigenvalue weighted by Crippen LogP contribution is -2.37. The van der Waals surface area contributed by atoms with Crippen molar-refractivity contribution in [1.29, 1.82) is 0 Å². The molecule has 1 aromatic rings. The average molecular weight is 189 g/mol. The van der Waals surface area contributed by atoms with Gasteiger partial charge < -0.3 is 10.4 Å². The second-order valence-corrected chi connectivity index (χ2v) is 4.40. The zero-order valence-corrected chi connectivity index (χ0v) is 8.16. The van der Waals surface area contributed by atoms with Gasteiger partial charge in [-0.15, -0.1) is 0 Å². The first-order valence-electron chi connectivity index (χ1n) is 5.40. The van der Waals surface area contributed by atoms with Crippen LogP contribution in [-0.2, 0) is 6.42 Å². The van der Waals surface area contributed by atoms with E-state index in [0.29, 0.717) is 17.7 Å². The summed E-state index contributed by atoms with van der Waals surface area (Å²) in [5.41, 5.74) is 2.80. The number of rotatable bonds is 0. The predicted octanol–water partition coefficient (Wildman–Crippen LogP) is 1.78. The minimum atomic E-state index is 0.405. The SMILES string of the molecule is Oc1ccc2c(c1)C[C@H]1NCCC[C@@H]21. The summed E-state index contributed by atoms with van der Waals surface area (Å²) < 4.78 is 0. The van der Waals surface area contributed by atoms with E-state index < -0.39 is 0 Å². The first-order chi connectivity index (χ1) is 6.84. The van der Waals surface area contributed by atoms with Crippen molar-refractivity contribution in [3.05, 3.63) is 29.3 Å². The summed E-state index contributed by atoms with van der Waals surface area (Å²) in [5.74, 6) is 1.10. The van der Waals surface area contributed by atoms with Gasteiger partial charge in [-0.1, -0.05) is 6.07 Å². The Kier molecular flexibility index (Phi) is 1.77. The molecule has 2 nitrogen and oxygen atoms in total. The summed E-state index contributed by atoms with van der Waals surface area (Å²) in [4.78, 5) is 0. The molecule has 14 heavy (non-hydrogen) atoms. The maximum atomic E-state index is 9.41. The van der Waals surface area contributed by atoms with Crippen LogP contribution in [0.5, 0.6) is 5.75 Å². The zero-order valence-electron chi connectivity index (χ0n) is 8.16. The van der Waals surface area contributed by atoms with E-state index in [9.17, 15) is 5.11 Å². The Bertz CT molecular complexity index is 361. The summed E-state index contributed by atoms with van der Waals surface area (Å²) in [6.45, 7) is 1.15. The summed E-state index contributed by atoms with van der Waals surface area (Å²) >= 11 is 0. The summed E-state index contributed by atoms with van der Waals surface area (Å²) in [6.07, 6.45) is 3.67. The van der Waals surface area contributed by atoms with Gasteiger partial charge in [-0.3, -0.25) is 0 Å². The summed E-state index contributed by atoms with van der Waals surface area (Å²) in [5, 5.41) is 13.0. The molecule has 2 atom stereocenters. The Balaban J connectivity index is 2.01. The molecule has 1 aliphatic heterocycles. The third-order valence-electron chi connectivity index (χ3n) is 3.55. The molecule has 0 bridgehead atoms. The Hall–Kier alpha value is -1.02. The van der Waals surface area contributed by atoms with Gasteiger partial charge in [-0.25, -0.2) is 0 Å². The molecule has 0 unspecified atom stereocenters. The van der Waals surface area contributed by atoms with Gasteiger partial charge in [0.2, 0.25) is 0 Å². The molecule has 1 saturated heterocycles. The number of benzene rings is 1. The van der Waals surface area contributed by atoms with Crippen molar-refractivity contribution in [3.8, 4) is 5.75 Å². The lowest BCUT2D eigenvalue weighted by atomic mass is 9.90. The highest BCUT2D eigenvalue weighted by Gasteiger charge is 2.33. The van der Waals surface area contributed by atoms with Crippen molar-refractivity contribution >= 4 is 0 Å². The minimum Gasteiger partial charge on any atom is -0.508 e. The zero-order chi connectivity index (χ0) is 9.54. The third-order valence-corrected chi connectivity index (χ3v) is 3.55. The fourth-order valence-corrected chi connectivity index (χ4v) is 2.91.